The van der Waals surface area contributed by atoms with Gasteiger partial charge in [0.05, 0.1) is 5.56 Å². The molecule has 1 amide bonds. The van der Waals surface area contributed by atoms with Gasteiger partial charge in [0.25, 0.3) is 0 Å². The van der Waals surface area contributed by atoms with E-state index in [1.165, 1.54) is 0 Å². The van der Waals surface area contributed by atoms with E-state index in [9.17, 15) is 22.8 Å². The number of carbonyl (C=O) groups is 2. The molecule has 0 saturated carbocycles. The van der Waals surface area contributed by atoms with Crippen molar-refractivity contribution in [3.63, 3.8) is 0 Å². The molecule has 114 valence electrons. The number of rotatable bonds is 2. The highest BCUT2D eigenvalue weighted by molar-refractivity contribution is 5.80. The van der Waals surface area contributed by atoms with Crippen molar-refractivity contribution in [2.24, 2.45) is 0 Å². The van der Waals surface area contributed by atoms with Gasteiger partial charge in [-0.2, -0.15) is 13.2 Å². The first-order valence-electron chi connectivity index (χ1n) is 5.95. The zero-order valence-electron chi connectivity index (χ0n) is 10.5. The summed E-state index contributed by atoms with van der Waals surface area (Å²) in [5, 5.41) is 17.9. The average Bonchev–Trinajstić information content (AvgIpc) is 2.83. The Morgan fingerprint density at radius 1 is 1.33 bits per heavy atom. The molecule has 0 radical (unpaired) electrons. The minimum Gasteiger partial charge on any atom is -0.480 e. The summed E-state index contributed by atoms with van der Waals surface area (Å²) >= 11 is 0. The normalized spacial score (nSPS) is 22.3. The van der Waals surface area contributed by atoms with Crippen LogP contribution in [0.2, 0.25) is 0 Å². The minimum absolute atomic E-state index is 0.181. The lowest BCUT2D eigenvalue weighted by Crippen LogP contribution is -2.39. The third kappa shape index (κ3) is 2.91. The van der Waals surface area contributed by atoms with E-state index in [0.29, 0.717) is 4.90 Å². The maximum absolute atomic E-state index is 12.9. The number of carboxylic acid groups (broad SMARTS) is 2. The van der Waals surface area contributed by atoms with Crippen molar-refractivity contribution in [2.45, 2.75) is 24.6 Å². The Bertz CT molecular complexity index is 554. The average molecular weight is 304 g/mol. The molecule has 0 aromatic carbocycles. The van der Waals surface area contributed by atoms with Gasteiger partial charge in [0.15, 0.2) is 0 Å². The van der Waals surface area contributed by atoms with Gasteiger partial charge < -0.3 is 10.2 Å². The molecule has 2 rings (SSSR count). The number of halogens is 3. The van der Waals surface area contributed by atoms with Gasteiger partial charge in [-0.1, -0.05) is 0 Å². The van der Waals surface area contributed by atoms with Gasteiger partial charge in [-0.05, 0) is 18.1 Å². The van der Waals surface area contributed by atoms with Crippen molar-refractivity contribution in [3.05, 3.63) is 29.6 Å². The van der Waals surface area contributed by atoms with Crippen molar-refractivity contribution >= 4 is 12.1 Å². The molecule has 1 aromatic heterocycles. The number of alkyl halides is 3. The highest BCUT2D eigenvalue weighted by atomic mass is 19.4. The van der Waals surface area contributed by atoms with Crippen LogP contribution in [0.1, 0.15) is 23.5 Å². The molecule has 2 N–H and O–H groups in total. The predicted octanol–water partition coefficient (Wildman–Crippen LogP) is 2.02. The number of hydrogen-bond donors (Lipinski definition) is 2. The van der Waals surface area contributed by atoms with Crippen molar-refractivity contribution in [2.75, 3.05) is 6.54 Å². The van der Waals surface area contributed by atoms with E-state index in [2.05, 4.69) is 4.98 Å². The van der Waals surface area contributed by atoms with E-state index in [1.807, 2.05) is 0 Å². The van der Waals surface area contributed by atoms with Crippen LogP contribution in [0.25, 0.3) is 0 Å². The van der Waals surface area contributed by atoms with E-state index >= 15 is 0 Å². The van der Waals surface area contributed by atoms with Crippen molar-refractivity contribution in [1.29, 1.82) is 0 Å². The number of amides is 1. The molecule has 1 aliphatic heterocycles. The summed E-state index contributed by atoms with van der Waals surface area (Å²) in [5.41, 5.74) is -1.10. The third-order valence-corrected chi connectivity index (χ3v) is 3.43. The lowest BCUT2D eigenvalue weighted by Gasteiger charge is -2.17. The maximum atomic E-state index is 12.9. The molecule has 21 heavy (non-hydrogen) atoms. The number of hydrogen-bond acceptors (Lipinski definition) is 3. The van der Waals surface area contributed by atoms with E-state index in [1.54, 1.807) is 0 Å². The Balaban J connectivity index is 2.37. The molecule has 1 aromatic rings. The molecule has 2 heterocycles. The Labute approximate surface area is 116 Å². The molecule has 1 unspecified atom stereocenters. The second-order valence-corrected chi connectivity index (χ2v) is 4.68. The number of likely N-dealkylation sites (tertiary alicyclic amines) is 1. The SMILES string of the molecule is O=C(O)[C@H]1CC(c2cnccc2C(F)(F)F)CN1C(=O)O. The van der Waals surface area contributed by atoms with Gasteiger partial charge in [0, 0.05) is 24.9 Å². The Hall–Kier alpha value is -2.32. The van der Waals surface area contributed by atoms with Gasteiger partial charge in [-0.3, -0.25) is 9.88 Å². The number of pyridine rings is 1. The smallest absolute Gasteiger partial charge is 0.416 e. The Morgan fingerprint density at radius 2 is 2.00 bits per heavy atom. The standard InChI is InChI=1S/C12H11F3N2O4/c13-12(14,15)8-1-2-16-4-7(8)6-3-9(10(18)19)17(5-6)11(20)21/h1-2,4,6,9H,3,5H2,(H,18,19)(H,20,21)/t6?,9-/m1/s1. The van der Waals surface area contributed by atoms with Crippen LogP contribution in [0.3, 0.4) is 0 Å². The molecule has 9 heteroatoms. The summed E-state index contributed by atoms with van der Waals surface area (Å²) in [6.07, 6.45) is -4.28. The fourth-order valence-electron chi connectivity index (χ4n) is 2.50. The van der Waals surface area contributed by atoms with Crippen LogP contribution >= 0.6 is 0 Å². The van der Waals surface area contributed by atoms with Gasteiger partial charge >= 0.3 is 18.2 Å². The fraction of sp³-hybridized carbons (Fsp3) is 0.417. The fourth-order valence-corrected chi connectivity index (χ4v) is 2.50. The molecule has 0 spiro atoms. The summed E-state index contributed by atoms with van der Waals surface area (Å²) in [7, 11) is 0. The lowest BCUT2D eigenvalue weighted by atomic mass is 9.93. The quantitative estimate of drug-likeness (QED) is 0.872. The predicted molar refractivity (Wildman–Crippen MR) is 62.8 cm³/mol. The summed E-state index contributed by atoms with van der Waals surface area (Å²) in [6, 6.07) is -0.553. The number of aromatic nitrogens is 1. The first-order valence-corrected chi connectivity index (χ1v) is 5.95. The molecule has 6 nitrogen and oxygen atoms in total. The van der Waals surface area contributed by atoms with Crippen molar-refractivity contribution in [3.8, 4) is 0 Å². The van der Waals surface area contributed by atoms with Crippen LogP contribution < -0.4 is 0 Å². The highest BCUT2D eigenvalue weighted by Gasteiger charge is 2.43. The van der Waals surface area contributed by atoms with Gasteiger partial charge in [-0.25, -0.2) is 9.59 Å². The van der Waals surface area contributed by atoms with Crippen LogP contribution in [0, 0.1) is 0 Å². The molecule has 2 atom stereocenters. The first-order chi connectivity index (χ1) is 9.71. The summed E-state index contributed by atoms with van der Waals surface area (Å²) in [6.45, 7) is -0.304. The van der Waals surface area contributed by atoms with Crippen LogP contribution in [0.15, 0.2) is 18.5 Å². The van der Waals surface area contributed by atoms with Crippen molar-refractivity contribution < 1.29 is 33.0 Å². The highest BCUT2D eigenvalue weighted by Crippen LogP contribution is 2.39. The second kappa shape index (κ2) is 5.23. The first kappa shape index (κ1) is 15.1. The molecule has 1 aliphatic rings. The lowest BCUT2D eigenvalue weighted by molar-refractivity contribution is -0.141. The van der Waals surface area contributed by atoms with Gasteiger partial charge in [0.1, 0.15) is 6.04 Å². The van der Waals surface area contributed by atoms with Gasteiger partial charge in [0.2, 0.25) is 0 Å². The minimum atomic E-state index is -4.60. The molecule has 0 aliphatic carbocycles. The zero-order valence-corrected chi connectivity index (χ0v) is 10.5. The Morgan fingerprint density at radius 3 is 2.48 bits per heavy atom. The van der Waals surface area contributed by atoms with Gasteiger partial charge in [-0.15, -0.1) is 0 Å². The van der Waals surface area contributed by atoms with Crippen LogP contribution in [-0.2, 0) is 11.0 Å². The number of nitrogens with zero attached hydrogens (tertiary/aromatic N) is 2. The summed E-state index contributed by atoms with van der Waals surface area (Å²) in [5.74, 6) is -2.23. The zero-order chi connectivity index (χ0) is 15.8. The second-order valence-electron chi connectivity index (χ2n) is 4.68. The molecular formula is C12H11F3N2O4. The summed E-state index contributed by atoms with van der Waals surface area (Å²) in [4.78, 5) is 26.3. The van der Waals surface area contributed by atoms with E-state index in [0.717, 1.165) is 18.5 Å². The largest absolute Gasteiger partial charge is 0.480 e. The molecule has 0 bridgehead atoms. The van der Waals surface area contributed by atoms with Crippen LogP contribution in [0.4, 0.5) is 18.0 Å². The van der Waals surface area contributed by atoms with E-state index in [-0.39, 0.29) is 18.5 Å². The number of carboxylic acids is 1. The summed E-state index contributed by atoms with van der Waals surface area (Å²) < 4.78 is 38.8. The number of aliphatic carboxylic acids is 1. The van der Waals surface area contributed by atoms with E-state index < -0.39 is 35.8 Å². The monoisotopic (exact) mass is 304 g/mol. The van der Waals surface area contributed by atoms with E-state index in [4.69, 9.17) is 10.2 Å². The molecule has 1 fully saturated rings. The third-order valence-electron chi connectivity index (χ3n) is 3.43. The molecule has 1 saturated heterocycles. The van der Waals surface area contributed by atoms with Crippen LogP contribution in [-0.4, -0.2) is 44.7 Å². The topological polar surface area (TPSA) is 90.7 Å². The maximum Gasteiger partial charge on any atom is 0.416 e. The van der Waals surface area contributed by atoms with Crippen LogP contribution in [0.5, 0.6) is 0 Å². The Kier molecular flexibility index (Phi) is 3.75. The van der Waals surface area contributed by atoms with Crippen molar-refractivity contribution in [1.82, 2.24) is 9.88 Å². The molecular weight excluding hydrogens is 293 g/mol.